The first-order chi connectivity index (χ1) is 8.72. The van der Waals surface area contributed by atoms with Gasteiger partial charge >= 0.3 is 0 Å². The summed E-state index contributed by atoms with van der Waals surface area (Å²) in [5.74, 6) is 2.51. The number of halogens is 1. The third-order valence-electron chi connectivity index (χ3n) is 3.23. The van der Waals surface area contributed by atoms with Gasteiger partial charge in [0.2, 0.25) is 5.95 Å². The molecule has 0 spiro atoms. The molecule has 1 fully saturated rings. The molecule has 0 radical (unpaired) electrons. The van der Waals surface area contributed by atoms with E-state index >= 15 is 0 Å². The summed E-state index contributed by atoms with van der Waals surface area (Å²) >= 11 is 3.51. The topological polar surface area (TPSA) is 49.8 Å². The maximum absolute atomic E-state index is 4.50. The van der Waals surface area contributed by atoms with E-state index in [9.17, 15) is 0 Å². The minimum Gasteiger partial charge on any atom is -0.366 e. The molecule has 1 aliphatic carbocycles. The highest BCUT2D eigenvalue weighted by Gasteiger charge is 2.25. The molecule has 1 unspecified atom stereocenters. The third-order valence-corrected chi connectivity index (χ3v) is 3.81. The van der Waals surface area contributed by atoms with Crippen molar-refractivity contribution in [2.45, 2.75) is 45.6 Å². The van der Waals surface area contributed by atoms with Crippen molar-refractivity contribution in [3.8, 4) is 0 Å². The van der Waals surface area contributed by atoms with Gasteiger partial charge in [0, 0.05) is 18.8 Å². The first kappa shape index (κ1) is 13.6. The largest absolute Gasteiger partial charge is 0.366 e. The van der Waals surface area contributed by atoms with Crippen LogP contribution < -0.4 is 10.6 Å². The summed E-state index contributed by atoms with van der Waals surface area (Å²) in [6.45, 7) is 5.10. The van der Waals surface area contributed by atoms with Gasteiger partial charge in [-0.05, 0) is 41.6 Å². The second-order valence-electron chi connectivity index (χ2n) is 4.85. The Balaban J connectivity index is 2.02. The molecular formula is C13H21BrN4. The summed E-state index contributed by atoms with van der Waals surface area (Å²) in [7, 11) is 0. The highest BCUT2D eigenvalue weighted by molar-refractivity contribution is 9.10. The van der Waals surface area contributed by atoms with Crippen molar-refractivity contribution >= 4 is 27.7 Å². The van der Waals surface area contributed by atoms with Crippen LogP contribution >= 0.6 is 15.9 Å². The van der Waals surface area contributed by atoms with Crippen LogP contribution in [-0.4, -0.2) is 22.6 Å². The Bertz CT molecular complexity index is 393. The van der Waals surface area contributed by atoms with Gasteiger partial charge in [0.1, 0.15) is 5.82 Å². The van der Waals surface area contributed by atoms with Crippen LogP contribution in [-0.2, 0) is 0 Å². The van der Waals surface area contributed by atoms with Crippen LogP contribution in [0.2, 0.25) is 0 Å². The number of hydrogen-bond donors (Lipinski definition) is 2. The Morgan fingerprint density at radius 3 is 2.83 bits per heavy atom. The van der Waals surface area contributed by atoms with Crippen LogP contribution in [0.5, 0.6) is 0 Å². The van der Waals surface area contributed by atoms with E-state index in [0.29, 0.717) is 12.0 Å². The van der Waals surface area contributed by atoms with E-state index in [1.165, 1.54) is 19.3 Å². The number of nitrogens with zero attached hydrogens (tertiary/aromatic N) is 2. The van der Waals surface area contributed by atoms with Gasteiger partial charge in [-0.25, -0.2) is 4.98 Å². The van der Waals surface area contributed by atoms with Gasteiger partial charge in [-0.15, -0.1) is 0 Å². The van der Waals surface area contributed by atoms with Gasteiger partial charge in [0.25, 0.3) is 0 Å². The van der Waals surface area contributed by atoms with Crippen molar-refractivity contribution < 1.29 is 0 Å². The fraction of sp³-hybridized carbons (Fsp3) is 0.692. The molecule has 1 atom stereocenters. The van der Waals surface area contributed by atoms with Crippen molar-refractivity contribution in [2.24, 2.45) is 5.92 Å². The molecule has 1 aromatic rings. The summed E-state index contributed by atoms with van der Waals surface area (Å²) in [5.41, 5.74) is 0. The maximum atomic E-state index is 4.50. The molecule has 4 nitrogen and oxygen atoms in total. The average Bonchev–Trinajstić information content (AvgIpc) is 3.16. The van der Waals surface area contributed by atoms with Crippen molar-refractivity contribution in [3.05, 3.63) is 10.7 Å². The highest BCUT2D eigenvalue weighted by atomic mass is 79.9. The van der Waals surface area contributed by atoms with Gasteiger partial charge < -0.3 is 10.6 Å². The first-order valence-electron chi connectivity index (χ1n) is 6.75. The van der Waals surface area contributed by atoms with E-state index < -0.39 is 0 Å². The standard InChI is InChI=1S/C13H21BrN4/c1-3-10(7-9-5-6-9)17-12-11(14)8-16-13(18-12)15-4-2/h8-10H,3-7H2,1-2H3,(H2,15,16,17,18). The Morgan fingerprint density at radius 2 is 2.22 bits per heavy atom. The molecule has 1 aromatic heterocycles. The van der Waals surface area contributed by atoms with E-state index in [0.717, 1.165) is 29.2 Å². The summed E-state index contributed by atoms with van der Waals surface area (Å²) < 4.78 is 0.929. The van der Waals surface area contributed by atoms with Crippen molar-refractivity contribution in [3.63, 3.8) is 0 Å². The predicted octanol–water partition coefficient (Wildman–Crippen LogP) is 3.66. The van der Waals surface area contributed by atoms with Crippen LogP contribution in [0, 0.1) is 5.92 Å². The zero-order chi connectivity index (χ0) is 13.0. The van der Waals surface area contributed by atoms with Gasteiger partial charge in [-0.3, -0.25) is 0 Å². The van der Waals surface area contributed by atoms with E-state index in [4.69, 9.17) is 0 Å². The molecule has 0 saturated heterocycles. The summed E-state index contributed by atoms with van der Waals surface area (Å²) in [6, 6.07) is 0.512. The molecule has 1 saturated carbocycles. The van der Waals surface area contributed by atoms with Crippen molar-refractivity contribution in [2.75, 3.05) is 17.2 Å². The van der Waals surface area contributed by atoms with E-state index in [1.807, 2.05) is 6.92 Å². The van der Waals surface area contributed by atoms with Gasteiger partial charge in [0.05, 0.1) is 4.47 Å². The van der Waals surface area contributed by atoms with Crippen molar-refractivity contribution in [1.82, 2.24) is 9.97 Å². The molecule has 100 valence electrons. The zero-order valence-corrected chi connectivity index (χ0v) is 12.6. The average molecular weight is 313 g/mol. The molecule has 5 heteroatoms. The second-order valence-corrected chi connectivity index (χ2v) is 5.70. The lowest BCUT2D eigenvalue weighted by Crippen LogP contribution is -2.20. The number of aromatic nitrogens is 2. The van der Waals surface area contributed by atoms with Crippen LogP contribution in [0.1, 0.15) is 39.5 Å². The fourth-order valence-corrected chi connectivity index (χ4v) is 2.29. The quantitative estimate of drug-likeness (QED) is 0.806. The summed E-state index contributed by atoms with van der Waals surface area (Å²) in [4.78, 5) is 8.72. The number of nitrogens with one attached hydrogen (secondary N) is 2. The van der Waals surface area contributed by atoms with Gasteiger partial charge in [-0.2, -0.15) is 4.98 Å². The van der Waals surface area contributed by atoms with Crippen LogP contribution in [0.25, 0.3) is 0 Å². The SMILES string of the molecule is CCNc1ncc(Br)c(NC(CC)CC2CC2)n1. The molecule has 0 bridgehead atoms. The Labute approximate surface area is 117 Å². The fourth-order valence-electron chi connectivity index (χ4n) is 1.99. The molecule has 0 aliphatic heterocycles. The minimum atomic E-state index is 0.512. The van der Waals surface area contributed by atoms with Crippen LogP contribution in [0.15, 0.2) is 10.7 Å². The zero-order valence-electron chi connectivity index (χ0n) is 11.0. The number of anilines is 2. The highest BCUT2D eigenvalue weighted by Crippen LogP contribution is 2.35. The molecule has 2 N–H and O–H groups in total. The molecule has 0 aromatic carbocycles. The third kappa shape index (κ3) is 3.83. The Morgan fingerprint density at radius 1 is 1.44 bits per heavy atom. The van der Waals surface area contributed by atoms with E-state index in [-0.39, 0.29) is 0 Å². The van der Waals surface area contributed by atoms with Gasteiger partial charge in [0.15, 0.2) is 0 Å². The second kappa shape index (κ2) is 6.36. The number of rotatable bonds is 7. The van der Waals surface area contributed by atoms with Crippen LogP contribution in [0.3, 0.4) is 0 Å². The lowest BCUT2D eigenvalue weighted by atomic mass is 10.1. The predicted molar refractivity (Wildman–Crippen MR) is 78.9 cm³/mol. The van der Waals surface area contributed by atoms with E-state index in [1.54, 1.807) is 6.20 Å². The summed E-state index contributed by atoms with van der Waals surface area (Å²) in [6.07, 6.45) is 6.97. The monoisotopic (exact) mass is 312 g/mol. The van der Waals surface area contributed by atoms with Gasteiger partial charge in [-0.1, -0.05) is 19.8 Å². The number of hydrogen-bond acceptors (Lipinski definition) is 4. The molecule has 1 heterocycles. The molecule has 2 rings (SSSR count). The molecular weight excluding hydrogens is 292 g/mol. The van der Waals surface area contributed by atoms with Crippen LogP contribution in [0.4, 0.5) is 11.8 Å². The smallest absolute Gasteiger partial charge is 0.224 e. The molecule has 0 amide bonds. The lowest BCUT2D eigenvalue weighted by molar-refractivity contribution is 0.585. The molecule has 18 heavy (non-hydrogen) atoms. The molecule has 1 aliphatic rings. The Hall–Kier alpha value is -0.840. The summed E-state index contributed by atoms with van der Waals surface area (Å²) in [5, 5.41) is 6.67. The minimum absolute atomic E-state index is 0.512. The first-order valence-corrected chi connectivity index (χ1v) is 7.55. The lowest BCUT2D eigenvalue weighted by Gasteiger charge is -2.18. The maximum Gasteiger partial charge on any atom is 0.224 e. The van der Waals surface area contributed by atoms with E-state index in [2.05, 4.69) is 43.5 Å². The van der Waals surface area contributed by atoms with Crippen molar-refractivity contribution in [1.29, 1.82) is 0 Å². The normalized spacial score (nSPS) is 16.4. The Kier molecular flexibility index (Phi) is 4.80.